The highest BCUT2D eigenvalue weighted by molar-refractivity contribution is 7.93. The molecule has 0 aliphatic heterocycles. The van der Waals surface area contributed by atoms with E-state index >= 15 is 0 Å². The highest BCUT2D eigenvalue weighted by atomic mass is 32.2. The molecule has 1 aromatic rings. The molecule has 22 heavy (non-hydrogen) atoms. The summed E-state index contributed by atoms with van der Waals surface area (Å²) < 4.78 is 49.7. The number of nitrogens with zero attached hydrogens (tertiary/aromatic N) is 1. The van der Waals surface area contributed by atoms with Crippen molar-refractivity contribution in [2.45, 2.75) is 37.0 Å². The van der Waals surface area contributed by atoms with E-state index in [4.69, 9.17) is 5.73 Å². The molecule has 1 rings (SSSR count). The number of nitrogens with two attached hydrogens (primary N) is 1. The molecule has 2 atom stereocenters. The van der Waals surface area contributed by atoms with Crippen molar-refractivity contribution >= 4 is 9.84 Å². The molecule has 2 N–H and O–H groups in total. The number of hydrogen-bond acceptors (Lipinski definition) is 4. The SMILES string of the molecule is CCS(=O)(=O)[C@](C)(C#N)CC[C@@](N)(CF)c1ccccc1F. The molecule has 7 heteroatoms. The van der Waals surface area contributed by atoms with Crippen LogP contribution in [-0.4, -0.2) is 25.6 Å². The van der Waals surface area contributed by atoms with Gasteiger partial charge in [0.15, 0.2) is 14.6 Å². The van der Waals surface area contributed by atoms with Gasteiger partial charge in [-0.2, -0.15) is 5.26 Å². The van der Waals surface area contributed by atoms with Crippen LogP contribution >= 0.6 is 0 Å². The molecule has 0 aromatic heterocycles. The van der Waals surface area contributed by atoms with Gasteiger partial charge in [-0.05, 0) is 25.8 Å². The van der Waals surface area contributed by atoms with Crippen molar-refractivity contribution in [3.8, 4) is 6.07 Å². The van der Waals surface area contributed by atoms with Crippen LogP contribution in [-0.2, 0) is 15.4 Å². The van der Waals surface area contributed by atoms with Gasteiger partial charge in [0.2, 0.25) is 0 Å². The van der Waals surface area contributed by atoms with Gasteiger partial charge in [-0.3, -0.25) is 0 Å². The third-order valence-corrected chi connectivity index (χ3v) is 6.43. The van der Waals surface area contributed by atoms with E-state index in [2.05, 4.69) is 0 Å². The first-order valence-corrected chi connectivity index (χ1v) is 8.54. The molecule has 0 heterocycles. The third-order valence-electron chi connectivity index (χ3n) is 4.00. The lowest BCUT2D eigenvalue weighted by molar-refractivity contribution is 0.275. The van der Waals surface area contributed by atoms with Crippen LogP contribution in [0.4, 0.5) is 8.78 Å². The minimum atomic E-state index is -3.67. The second kappa shape index (κ2) is 6.71. The average Bonchev–Trinajstić information content (AvgIpc) is 2.52. The first-order chi connectivity index (χ1) is 10.2. The summed E-state index contributed by atoms with van der Waals surface area (Å²) in [5.74, 6) is -0.858. The van der Waals surface area contributed by atoms with Gasteiger partial charge in [-0.15, -0.1) is 0 Å². The number of hydrogen-bond donors (Lipinski definition) is 1. The maximum Gasteiger partial charge on any atom is 0.168 e. The fraction of sp³-hybridized carbons (Fsp3) is 0.533. The maximum absolute atomic E-state index is 13.8. The lowest BCUT2D eigenvalue weighted by atomic mass is 9.85. The minimum absolute atomic E-state index is 0.0216. The minimum Gasteiger partial charge on any atom is -0.319 e. The van der Waals surface area contributed by atoms with Crippen LogP contribution in [0.15, 0.2) is 24.3 Å². The van der Waals surface area contributed by atoms with E-state index in [1.165, 1.54) is 38.1 Å². The Morgan fingerprint density at radius 1 is 1.32 bits per heavy atom. The number of alkyl halides is 1. The molecule has 0 spiro atoms. The molecule has 0 saturated heterocycles. The third kappa shape index (κ3) is 3.45. The van der Waals surface area contributed by atoms with Crippen molar-refractivity contribution in [1.29, 1.82) is 5.26 Å². The first kappa shape index (κ1) is 18.5. The molecule has 0 amide bonds. The van der Waals surface area contributed by atoms with E-state index in [0.29, 0.717) is 0 Å². The molecule has 0 aliphatic rings. The van der Waals surface area contributed by atoms with Gasteiger partial charge in [-0.1, -0.05) is 25.1 Å². The molecular formula is C15H20F2N2O2S. The Morgan fingerprint density at radius 2 is 1.91 bits per heavy atom. The number of nitriles is 1. The quantitative estimate of drug-likeness (QED) is 0.832. The van der Waals surface area contributed by atoms with E-state index in [1.807, 2.05) is 0 Å². The molecule has 0 aliphatic carbocycles. The fourth-order valence-corrected chi connectivity index (χ4v) is 3.39. The molecule has 122 valence electrons. The summed E-state index contributed by atoms with van der Waals surface area (Å²) in [5.41, 5.74) is 4.27. The highest BCUT2D eigenvalue weighted by Gasteiger charge is 2.41. The number of rotatable bonds is 7. The summed E-state index contributed by atoms with van der Waals surface area (Å²) in [6, 6.07) is 7.29. The Bertz CT molecular complexity index is 672. The zero-order chi connectivity index (χ0) is 17.0. The number of halogens is 2. The molecule has 1 aromatic carbocycles. The lowest BCUT2D eigenvalue weighted by Crippen LogP contribution is -2.44. The Hall–Kier alpha value is -1.52. The molecule has 0 saturated carbocycles. The van der Waals surface area contributed by atoms with Crippen molar-refractivity contribution in [1.82, 2.24) is 0 Å². The van der Waals surface area contributed by atoms with E-state index in [1.54, 1.807) is 6.07 Å². The Labute approximate surface area is 129 Å². The van der Waals surface area contributed by atoms with Gasteiger partial charge in [0, 0.05) is 11.3 Å². The van der Waals surface area contributed by atoms with Crippen molar-refractivity contribution in [2.24, 2.45) is 5.73 Å². The van der Waals surface area contributed by atoms with Crippen LogP contribution in [0.2, 0.25) is 0 Å². The first-order valence-electron chi connectivity index (χ1n) is 6.89. The average molecular weight is 330 g/mol. The molecule has 0 radical (unpaired) electrons. The molecule has 0 unspecified atom stereocenters. The summed E-state index contributed by atoms with van der Waals surface area (Å²) in [6.07, 6.45) is -0.331. The summed E-state index contributed by atoms with van der Waals surface area (Å²) in [7, 11) is -3.67. The van der Waals surface area contributed by atoms with Gasteiger partial charge in [0.25, 0.3) is 0 Å². The number of benzene rings is 1. The van der Waals surface area contributed by atoms with Crippen LogP contribution in [0.1, 0.15) is 32.3 Å². The monoisotopic (exact) mass is 330 g/mol. The summed E-state index contributed by atoms with van der Waals surface area (Å²) in [4.78, 5) is 0. The predicted octanol–water partition coefficient (Wildman–Crippen LogP) is 2.45. The van der Waals surface area contributed by atoms with E-state index in [0.717, 1.165) is 0 Å². The normalized spacial score (nSPS) is 17.3. The van der Waals surface area contributed by atoms with Crippen LogP contribution in [0.3, 0.4) is 0 Å². The van der Waals surface area contributed by atoms with Crippen molar-refractivity contribution < 1.29 is 17.2 Å². The van der Waals surface area contributed by atoms with E-state index < -0.39 is 32.6 Å². The Balaban J connectivity index is 3.11. The second-order valence-corrected chi connectivity index (χ2v) is 8.22. The largest absolute Gasteiger partial charge is 0.319 e. The summed E-state index contributed by atoms with van der Waals surface area (Å²) in [5, 5.41) is 9.21. The van der Waals surface area contributed by atoms with E-state index in [-0.39, 0.29) is 24.2 Å². The molecule has 0 fully saturated rings. The van der Waals surface area contributed by atoms with Gasteiger partial charge in [0.1, 0.15) is 12.5 Å². The highest BCUT2D eigenvalue weighted by Crippen LogP contribution is 2.32. The Morgan fingerprint density at radius 3 is 2.36 bits per heavy atom. The van der Waals surface area contributed by atoms with Gasteiger partial charge in [-0.25, -0.2) is 17.2 Å². The van der Waals surface area contributed by atoms with Crippen LogP contribution in [0, 0.1) is 17.1 Å². The maximum atomic E-state index is 13.8. The smallest absolute Gasteiger partial charge is 0.168 e. The fourth-order valence-electron chi connectivity index (χ4n) is 2.20. The summed E-state index contributed by atoms with van der Waals surface area (Å²) in [6.45, 7) is 1.67. The van der Waals surface area contributed by atoms with E-state index in [9.17, 15) is 22.5 Å². The van der Waals surface area contributed by atoms with Crippen molar-refractivity contribution in [2.75, 3.05) is 12.4 Å². The van der Waals surface area contributed by atoms with Gasteiger partial charge >= 0.3 is 0 Å². The Kier molecular flexibility index (Phi) is 5.65. The molecule has 0 bridgehead atoms. The van der Waals surface area contributed by atoms with Gasteiger partial charge in [0.05, 0.1) is 11.6 Å². The standard InChI is InChI=1S/C15H20F2N2O2S/c1-3-22(20,21)14(2,11-18)8-9-15(19,10-16)12-6-4-5-7-13(12)17/h4-7H,3,8-10,19H2,1-2H3/t14-,15+/m0/s1. The van der Waals surface area contributed by atoms with Gasteiger partial charge < -0.3 is 5.73 Å². The van der Waals surface area contributed by atoms with Crippen molar-refractivity contribution in [3.63, 3.8) is 0 Å². The molecule has 4 nitrogen and oxygen atoms in total. The zero-order valence-electron chi connectivity index (χ0n) is 12.6. The second-order valence-electron chi connectivity index (χ2n) is 5.52. The molecular weight excluding hydrogens is 310 g/mol. The summed E-state index contributed by atoms with van der Waals surface area (Å²) >= 11 is 0. The number of sulfone groups is 1. The lowest BCUT2D eigenvalue weighted by Gasteiger charge is -2.30. The van der Waals surface area contributed by atoms with Crippen LogP contribution < -0.4 is 5.73 Å². The van der Waals surface area contributed by atoms with Crippen LogP contribution in [0.5, 0.6) is 0 Å². The predicted molar refractivity (Wildman–Crippen MR) is 81.0 cm³/mol. The zero-order valence-corrected chi connectivity index (χ0v) is 13.5. The van der Waals surface area contributed by atoms with Crippen LogP contribution in [0.25, 0.3) is 0 Å². The topological polar surface area (TPSA) is 84.0 Å². The van der Waals surface area contributed by atoms with Crippen molar-refractivity contribution in [3.05, 3.63) is 35.6 Å².